The Morgan fingerprint density at radius 2 is 0.889 bits per heavy atom. The second-order valence-corrected chi connectivity index (χ2v) is 15.6. The van der Waals surface area contributed by atoms with Crippen LogP contribution in [-0.2, 0) is 0 Å². The lowest BCUT2D eigenvalue weighted by Crippen LogP contribution is -2.16. The van der Waals surface area contributed by atoms with Gasteiger partial charge in [0, 0.05) is 0 Å². The molecule has 0 saturated heterocycles. The van der Waals surface area contributed by atoms with Crippen LogP contribution in [0.3, 0.4) is 0 Å². The van der Waals surface area contributed by atoms with Crippen LogP contribution in [0.15, 0.2) is 36.5 Å². The summed E-state index contributed by atoms with van der Waals surface area (Å²) in [6.07, 6.45) is 11.7. The fourth-order valence-corrected chi connectivity index (χ4v) is 1.88. The molecule has 0 aromatic carbocycles. The molecule has 0 fully saturated rings. The van der Waals surface area contributed by atoms with Gasteiger partial charge < -0.3 is 0 Å². The summed E-state index contributed by atoms with van der Waals surface area (Å²) in [6.45, 7) is 13.4. The molecule has 0 atom stereocenters. The molecule has 0 spiro atoms. The highest BCUT2D eigenvalue weighted by Gasteiger charge is 2.06. The van der Waals surface area contributed by atoms with Crippen molar-refractivity contribution in [3.8, 4) is 22.9 Å². The number of rotatable bonds is 2. The largest absolute Gasteiger partial charge is 0.129 e. The molecule has 0 unspecified atom stereocenters. The highest BCUT2D eigenvalue weighted by atomic mass is 28.3. The van der Waals surface area contributed by atoms with Gasteiger partial charge in [-0.05, 0) is 12.2 Å². The maximum absolute atomic E-state index is 3.28. The number of hydrogen-bond acceptors (Lipinski definition) is 0. The predicted octanol–water partition coefficient (Wildman–Crippen LogP) is 4.42. The van der Waals surface area contributed by atoms with E-state index in [9.17, 15) is 0 Å². The molecule has 0 N–H and O–H groups in total. The Labute approximate surface area is 115 Å². The molecule has 96 valence electrons. The fourth-order valence-electron chi connectivity index (χ4n) is 0.852. The van der Waals surface area contributed by atoms with Gasteiger partial charge in [-0.3, -0.25) is 0 Å². The Morgan fingerprint density at radius 1 is 0.556 bits per heavy atom. The van der Waals surface area contributed by atoms with Gasteiger partial charge in [0.1, 0.15) is 16.1 Å². The van der Waals surface area contributed by atoms with Crippen LogP contribution in [0.25, 0.3) is 0 Å². The van der Waals surface area contributed by atoms with Crippen LogP contribution in [0.1, 0.15) is 0 Å². The highest BCUT2D eigenvalue weighted by molar-refractivity contribution is 6.84. The van der Waals surface area contributed by atoms with E-state index in [1.807, 2.05) is 36.5 Å². The first-order valence-electron chi connectivity index (χ1n) is 6.24. The first-order chi connectivity index (χ1) is 8.21. The fraction of sp³-hybridized carbons (Fsp3) is 0.375. The van der Waals surface area contributed by atoms with E-state index >= 15 is 0 Å². The van der Waals surface area contributed by atoms with E-state index in [4.69, 9.17) is 0 Å². The molecular weight excluding hydrogens is 248 g/mol. The van der Waals surface area contributed by atoms with E-state index < -0.39 is 16.1 Å². The SMILES string of the molecule is C[Si](C)(C)C#C/C=C/C=C/C=C/C#C[Si](C)(C)C. The summed E-state index contributed by atoms with van der Waals surface area (Å²) < 4.78 is 0. The van der Waals surface area contributed by atoms with Crippen molar-refractivity contribution in [3.05, 3.63) is 36.5 Å². The van der Waals surface area contributed by atoms with Crippen LogP contribution in [0.4, 0.5) is 0 Å². The molecule has 0 rings (SSSR count). The monoisotopic (exact) mass is 272 g/mol. The van der Waals surface area contributed by atoms with Crippen LogP contribution in [-0.4, -0.2) is 16.1 Å². The second-order valence-electron chi connectivity index (χ2n) is 6.14. The topological polar surface area (TPSA) is 0 Å². The summed E-state index contributed by atoms with van der Waals surface area (Å²) in [5.74, 6) is 6.16. The van der Waals surface area contributed by atoms with Gasteiger partial charge in [0.2, 0.25) is 0 Å². The van der Waals surface area contributed by atoms with Gasteiger partial charge >= 0.3 is 0 Å². The second kappa shape index (κ2) is 7.98. The van der Waals surface area contributed by atoms with Gasteiger partial charge in [-0.15, -0.1) is 11.1 Å². The molecule has 0 heterocycles. The molecular formula is C16H24Si2. The van der Waals surface area contributed by atoms with E-state index in [2.05, 4.69) is 62.2 Å². The van der Waals surface area contributed by atoms with E-state index in [1.54, 1.807) is 0 Å². The summed E-state index contributed by atoms with van der Waals surface area (Å²) in [6, 6.07) is 0. The van der Waals surface area contributed by atoms with Crippen molar-refractivity contribution in [2.24, 2.45) is 0 Å². The van der Waals surface area contributed by atoms with Gasteiger partial charge in [-0.25, -0.2) is 0 Å². The minimum atomic E-state index is -1.23. The van der Waals surface area contributed by atoms with Crippen molar-refractivity contribution >= 4 is 16.1 Å². The first kappa shape index (κ1) is 16.8. The third-order valence-corrected chi connectivity index (χ3v) is 3.38. The molecule has 2 heteroatoms. The maximum Gasteiger partial charge on any atom is 0.129 e. The van der Waals surface area contributed by atoms with E-state index in [0.29, 0.717) is 0 Å². The Hall–Kier alpha value is -1.23. The molecule has 0 aliphatic heterocycles. The van der Waals surface area contributed by atoms with Gasteiger partial charge in [-0.2, -0.15) is 0 Å². The van der Waals surface area contributed by atoms with Gasteiger partial charge in [-0.1, -0.05) is 75.4 Å². The lowest BCUT2D eigenvalue weighted by atomic mass is 10.4. The summed E-state index contributed by atoms with van der Waals surface area (Å²) >= 11 is 0. The zero-order valence-corrected chi connectivity index (χ0v) is 14.5. The van der Waals surface area contributed by atoms with Crippen molar-refractivity contribution in [1.29, 1.82) is 0 Å². The van der Waals surface area contributed by atoms with Gasteiger partial charge in [0.05, 0.1) is 0 Å². The van der Waals surface area contributed by atoms with Crippen molar-refractivity contribution in [1.82, 2.24) is 0 Å². The summed E-state index contributed by atoms with van der Waals surface area (Å²) in [4.78, 5) is 0. The first-order valence-corrected chi connectivity index (χ1v) is 13.2. The molecule has 0 amide bonds. The zero-order chi connectivity index (χ0) is 14.1. The minimum Gasteiger partial charge on any atom is -0.127 e. The lowest BCUT2D eigenvalue weighted by molar-refractivity contribution is 1.81. The Bertz CT molecular complexity index is 400. The zero-order valence-electron chi connectivity index (χ0n) is 12.5. The average Bonchev–Trinajstić information content (AvgIpc) is 2.17. The molecule has 0 bridgehead atoms. The van der Waals surface area contributed by atoms with Crippen LogP contribution in [0, 0.1) is 22.9 Å². The highest BCUT2D eigenvalue weighted by Crippen LogP contribution is 1.96. The Morgan fingerprint density at radius 3 is 1.17 bits per heavy atom. The average molecular weight is 273 g/mol. The van der Waals surface area contributed by atoms with Crippen molar-refractivity contribution in [3.63, 3.8) is 0 Å². The van der Waals surface area contributed by atoms with Crippen molar-refractivity contribution in [2.45, 2.75) is 39.3 Å². The van der Waals surface area contributed by atoms with Crippen molar-refractivity contribution < 1.29 is 0 Å². The van der Waals surface area contributed by atoms with E-state index in [1.165, 1.54) is 0 Å². The Balaban J connectivity index is 4.12. The molecule has 0 aliphatic carbocycles. The molecule has 0 radical (unpaired) electrons. The smallest absolute Gasteiger partial charge is 0.127 e. The third-order valence-electron chi connectivity index (χ3n) is 1.59. The minimum absolute atomic E-state index is 1.23. The number of hydrogen-bond donors (Lipinski definition) is 0. The lowest BCUT2D eigenvalue weighted by Gasteiger charge is -2.01. The molecule has 18 heavy (non-hydrogen) atoms. The third kappa shape index (κ3) is 14.8. The molecule has 0 nitrogen and oxygen atoms in total. The quantitative estimate of drug-likeness (QED) is 0.397. The maximum atomic E-state index is 3.28. The molecule has 0 aromatic heterocycles. The predicted molar refractivity (Wildman–Crippen MR) is 89.7 cm³/mol. The normalized spacial score (nSPS) is 12.6. The summed E-state index contributed by atoms with van der Waals surface area (Å²) in [7, 11) is -2.45. The van der Waals surface area contributed by atoms with Crippen LogP contribution < -0.4 is 0 Å². The van der Waals surface area contributed by atoms with Gasteiger partial charge in [0.15, 0.2) is 0 Å². The van der Waals surface area contributed by atoms with Crippen LogP contribution in [0.5, 0.6) is 0 Å². The van der Waals surface area contributed by atoms with E-state index in [0.717, 1.165) is 0 Å². The van der Waals surface area contributed by atoms with E-state index in [-0.39, 0.29) is 0 Å². The molecule has 0 saturated carbocycles. The molecule has 0 aliphatic rings. The summed E-state index contributed by atoms with van der Waals surface area (Å²) in [5, 5.41) is 0. The number of allylic oxidation sites excluding steroid dienone is 6. The van der Waals surface area contributed by atoms with Gasteiger partial charge in [0.25, 0.3) is 0 Å². The van der Waals surface area contributed by atoms with Crippen molar-refractivity contribution in [2.75, 3.05) is 0 Å². The Kier molecular flexibility index (Phi) is 7.43. The van der Waals surface area contributed by atoms with Crippen LogP contribution in [0.2, 0.25) is 39.3 Å². The standard InChI is InChI=1S/C16H24Si2/c1-17(2,3)15-13-11-9-7-8-10-12-14-16-18(4,5)6/h7-12H,1-6H3/b8-7+,11-9+,12-10+. The molecule has 0 aromatic rings. The summed E-state index contributed by atoms with van der Waals surface area (Å²) in [5.41, 5.74) is 6.56. The van der Waals surface area contributed by atoms with Crippen LogP contribution >= 0.6 is 0 Å².